The first kappa shape index (κ1) is 14.1. The summed E-state index contributed by atoms with van der Waals surface area (Å²) in [5, 5.41) is 8.10. The Hall–Kier alpha value is -2.51. The van der Waals surface area contributed by atoms with Crippen LogP contribution in [-0.2, 0) is 7.05 Å². The summed E-state index contributed by atoms with van der Waals surface area (Å²) in [7, 11) is 1.53. The molecular weight excluding hydrogens is 298 g/mol. The third-order valence-corrected chi connectivity index (χ3v) is 4.38. The molecule has 0 N–H and O–H groups in total. The van der Waals surface area contributed by atoms with E-state index in [-0.39, 0.29) is 23.2 Å². The molecule has 8 nitrogen and oxygen atoms in total. The number of carbonyl (C=O) groups is 1. The molecular formula is C15H17N5O3. The first-order valence-electron chi connectivity index (χ1n) is 7.82. The van der Waals surface area contributed by atoms with Crippen LogP contribution in [0.5, 0.6) is 0 Å². The van der Waals surface area contributed by atoms with Crippen LogP contribution in [-0.4, -0.2) is 37.3 Å². The second kappa shape index (κ2) is 5.29. The summed E-state index contributed by atoms with van der Waals surface area (Å²) in [6.07, 6.45) is 3.88. The van der Waals surface area contributed by atoms with E-state index in [0.717, 1.165) is 30.4 Å². The maximum Gasteiger partial charge on any atom is 0.274 e. The second-order valence-electron chi connectivity index (χ2n) is 6.10. The minimum absolute atomic E-state index is 0.183. The summed E-state index contributed by atoms with van der Waals surface area (Å²) in [6, 6.07) is 2.63. The Morgan fingerprint density at radius 1 is 1.30 bits per heavy atom. The second-order valence-corrected chi connectivity index (χ2v) is 6.10. The quantitative estimate of drug-likeness (QED) is 0.839. The summed E-state index contributed by atoms with van der Waals surface area (Å²) < 4.78 is 6.47. The van der Waals surface area contributed by atoms with E-state index in [1.165, 1.54) is 19.2 Å². The van der Waals surface area contributed by atoms with Crippen molar-refractivity contribution in [2.24, 2.45) is 7.05 Å². The van der Waals surface area contributed by atoms with E-state index in [9.17, 15) is 9.59 Å². The van der Waals surface area contributed by atoms with Crippen molar-refractivity contribution in [2.75, 3.05) is 6.54 Å². The van der Waals surface area contributed by atoms with Gasteiger partial charge in [-0.25, -0.2) is 4.68 Å². The predicted octanol–water partition coefficient (Wildman–Crippen LogP) is 1.02. The largest absolute Gasteiger partial charge is 0.339 e. The zero-order valence-corrected chi connectivity index (χ0v) is 12.8. The smallest absolute Gasteiger partial charge is 0.274 e. The highest BCUT2D eigenvalue weighted by atomic mass is 16.5. The third-order valence-electron chi connectivity index (χ3n) is 4.38. The number of hydrogen-bond acceptors (Lipinski definition) is 6. The SMILES string of the molecule is Cn1nc(C(=O)N2CCC[C@@H]2c2noc(C3CC3)n2)ccc1=O. The molecule has 0 aromatic carbocycles. The van der Waals surface area contributed by atoms with E-state index in [2.05, 4.69) is 15.2 Å². The molecule has 1 aliphatic heterocycles. The van der Waals surface area contributed by atoms with Crippen LogP contribution in [0.3, 0.4) is 0 Å². The lowest BCUT2D eigenvalue weighted by molar-refractivity contribution is 0.0719. The van der Waals surface area contributed by atoms with Crippen LogP contribution in [0.25, 0.3) is 0 Å². The normalized spacial score (nSPS) is 20.9. The zero-order valence-electron chi connectivity index (χ0n) is 12.8. The molecule has 0 unspecified atom stereocenters. The van der Waals surface area contributed by atoms with E-state index in [0.29, 0.717) is 24.2 Å². The molecule has 2 aromatic heterocycles. The minimum atomic E-state index is -0.244. The van der Waals surface area contributed by atoms with Crippen molar-refractivity contribution in [3.63, 3.8) is 0 Å². The van der Waals surface area contributed by atoms with Gasteiger partial charge in [-0.3, -0.25) is 9.59 Å². The van der Waals surface area contributed by atoms with Gasteiger partial charge in [-0.15, -0.1) is 0 Å². The molecule has 120 valence electrons. The Morgan fingerprint density at radius 3 is 2.87 bits per heavy atom. The van der Waals surface area contributed by atoms with Gasteiger partial charge < -0.3 is 9.42 Å². The average molecular weight is 315 g/mol. The van der Waals surface area contributed by atoms with Gasteiger partial charge in [0.1, 0.15) is 5.69 Å². The topological polar surface area (TPSA) is 94.1 Å². The van der Waals surface area contributed by atoms with E-state index in [1.807, 2.05) is 0 Å². The lowest BCUT2D eigenvalue weighted by atomic mass is 10.2. The molecule has 1 atom stereocenters. The Balaban J connectivity index is 1.59. The highest BCUT2D eigenvalue weighted by Gasteiger charge is 2.36. The van der Waals surface area contributed by atoms with E-state index >= 15 is 0 Å². The number of rotatable bonds is 3. The van der Waals surface area contributed by atoms with Crippen LogP contribution in [0.1, 0.15) is 59.8 Å². The molecule has 1 saturated heterocycles. The summed E-state index contributed by atoms with van der Waals surface area (Å²) in [4.78, 5) is 30.3. The molecule has 1 aliphatic carbocycles. The number of aromatic nitrogens is 4. The van der Waals surface area contributed by atoms with Crippen molar-refractivity contribution in [2.45, 2.75) is 37.6 Å². The summed E-state index contributed by atoms with van der Waals surface area (Å²) >= 11 is 0. The van der Waals surface area contributed by atoms with Crippen molar-refractivity contribution in [1.29, 1.82) is 0 Å². The van der Waals surface area contributed by atoms with Gasteiger partial charge in [-0.05, 0) is 31.7 Å². The number of carbonyl (C=O) groups excluding carboxylic acids is 1. The van der Waals surface area contributed by atoms with E-state index < -0.39 is 0 Å². The fourth-order valence-corrected chi connectivity index (χ4v) is 2.92. The van der Waals surface area contributed by atoms with Gasteiger partial charge in [-0.2, -0.15) is 10.1 Å². The Morgan fingerprint density at radius 2 is 2.13 bits per heavy atom. The number of aryl methyl sites for hydroxylation is 1. The van der Waals surface area contributed by atoms with Gasteiger partial charge in [0.25, 0.3) is 11.5 Å². The third kappa shape index (κ3) is 2.54. The highest BCUT2D eigenvalue weighted by Crippen LogP contribution is 2.40. The predicted molar refractivity (Wildman–Crippen MR) is 78.8 cm³/mol. The monoisotopic (exact) mass is 315 g/mol. The van der Waals surface area contributed by atoms with Crippen LogP contribution < -0.4 is 5.56 Å². The molecule has 8 heteroatoms. The summed E-state index contributed by atoms with van der Waals surface area (Å²) in [5.41, 5.74) is 0.0108. The zero-order chi connectivity index (χ0) is 16.0. The standard InChI is InChI=1S/C15H17N5O3/c1-19-12(21)7-6-10(17-19)15(22)20-8-2-3-11(20)13-16-14(23-18-13)9-4-5-9/h6-7,9,11H,2-5,8H2,1H3/t11-/m1/s1. The fraction of sp³-hybridized carbons (Fsp3) is 0.533. The molecule has 2 fully saturated rings. The lowest BCUT2D eigenvalue weighted by Gasteiger charge is -2.21. The van der Waals surface area contributed by atoms with Crippen LogP contribution in [0, 0.1) is 0 Å². The van der Waals surface area contributed by atoms with Crippen LogP contribution >= 0.6 is 0 Å². The summed E-state index contributed by atoms with van der Waals surface area (Å²) in [6.45, 7) is 0.626. The number of hydrogen-bond donors (Lipinski definition) is 0. The minimum Gasteiger partial charge on any atom is -0.339 e. The van der Waals surface area contributed by atoms with Crippen molar-refractivity contribution >= 4 is 5.91 Å². The van der Waals surface area contributed by atoms with Gasteiger partial charge in [0.15, 0.2) is 5.82 Å². The molecule has 3 heterocycles. The lowest BCUT2D eigenvalue weighted by Crippen LogP contribution is -2.33. The van der Waals surface area contributed by atoms with Crippen LogP contribution in [0.2, 0.25) is 0 Å². The fourth-order valence-electron chi connectivity index (χ4n) is 2.92. The molecule has 23 heavy (non-hydrogen) atoms. The van der Waals surface area contributed by atoms with E-state index in [4.69, 9.17) is 4.52 Å². The first-order valence-corrected chi connectivity index (χ1v) is 7.82. The molecule has 1 saturated carbocycles. The number of amides is 1. The molecule has 0 bridgehead atoms. The first-order chi connectivity index (χ1) is 11.1. The van der Waals surface area contributed by atoms with Gasteiger partial charge in [0, 0.05) is 25.6 Å². The summed E-state index contributed by atoms with van der Waals surface area (Å²) in [5.74, 6) is 1.44. The van der Waals surface area contributed by atoms with Crippen molar-refractivity contribution in [3.8, 4) is 0 Å². The highest BCUT2D eigenvalue weighted by molar-refractivity contribution is 5.92. The maximum absolute atomic E-state index is 12.7. The number of nitrogens with zero attached hydrogens (tertiary/aromatic N) is 5. The van der Waals surface area contributed by atoms with Crippen molar-refractivity contribution < 1.29 is 9.32 Å². The van der Waals surface area contributed by atoms with Gasteiger partial charge in [0.2, 0.25) is 5.89 Å². The molecule has 2 aliphatic rings. The van der Waals surface area contributed by atoms with Gasteiger partial charge >= 0.3 is 0 Å². The Bertz CT molecular complexity index is 807. The molecule has 0 radical (unpaired) electrons. The Kier molecular flexibility index (Phi) is 3.24. The molecule has 2 aromatic rings. The average Bonchev–Trinajstić information content (AvgIpc) is 3.09. The molecule has 4 rings (SSSR count). The Labute approximate surface area is 132 Å². The van der Waals surface area contributed by atoms with Crippen LogP contribution in [0.4, 0.5) is 0 Å². The van der Waals surface area contributed by atoms with Crippen molar-refractivity contribution in [3.05, 3.63) is 39.9 Å². The van der Waals surface area contributed by atoms with Crippen LogP contribution in [0.15, 0.2) is 21.5 Å². The molecule has 1 amide bonds. The maximum atomic E-state index is 12.7. The number of likely N-dealkylation sites (tertiary alicyclic amines) is 1. The van der Waals surface area contributed by atoms with Gasteiger partial charge in [-0.1, -0.05) is 5.16 Å². The van der Waals surface area contributed by atoms with Gasteiger partial charge in [0.05, 0.1) is 6.04 Å². The van der Waals surface area contributed by atoms with Crippen molar-refractivity contribution in [1.82, 2.24) is 24.8 Å². The van der Waals surface area contributed by atoms with E-state index in [1.54, 1.807) is 4.90 Å². The molecule has 0 spiro atoms.